The Hall–Kier alpha value is -4.73. The molecule has 1 unspecified atom stereocenters. The summed E-state index contributed by atoms with van der Waals surface area (Å²) in [6.45, 7) is 4.70. The highest BCUT2D eigenvalue weighted by Crippen LogP contribution is 2.30. The van der Waals surface area contributed by atoms with E-state index in [9.17, 15) is 22.0 Å². The monoisotopic (exact) mass is 625 g/mol. The number of halogens is 2. The zero-order valence-corrected chi connectivity index (χ0v) is 24.5. The average Bonchev–Trinajstić information content (AvgIpc) is 3.58. The van der Waals surface area contributed by atoms with Gasteiger partial charge in [-0.15, -0.1) is 0 Å². The molecule has 0 aliphatic carbocycles. The summed E-state index contributed by atoms with van der Waals surface area (Å²) < 4.78 is 69.9. The summed E-state index contributed by atoms with van der Waals surface area (Å²) in [5.41, 5.74) is 9.50. The number of carbonyl (C=O) groups excluding carboxylic acids is 1. The highest BCUT2D eigenvalue weighted by molar-refractivity contribution is 7.90. The number of rotatable bonds is 8. The fraction of sp³-hybridized carbons (Fsp3) is 0.241. The zero-order valence-electron chi connectivity index (χ0n) is 23.7. The summed E-state index contributed by atoms with van der Waals surface area (Å²) in [4.78, 5) is 16.6. The summed E-state index contributed by atoms with van der Waals surface area (Å²) in [5, 5.41) is 7.91. The first-order valence-electron chi connectivity index (χ1n) is 13.6. The second-order valence-corrected chi connectivity index (χ2v) is 12.0. The number of dihydropyridines is 1. The molecule has 0 amide bonds. The first-order chi connectivity index (χ1) is 21.0. The number of nitrogens with one attached hydrogen (secondary N) is 3. The number of ketones is 1. The molecule has 1 fully saturated rings. The van der Waals surface area contributed by atoms with E-state index in [1.165, 1.54) is 27.5 Å². The third kappa shape index (κ3) is 5.52. The number of aromatic amines is 1. The van der Waals surface area contributed by atoms with Gasteiger partial charge in [-0.3, -0.25) is 9.52 Å². The smallest absolute Gasteiger partial charge is 0.301 e. The summed E-state index contributed by atoms with van der Waals surface area (Å²) in [6.07, 6.45) is 3.62. The molecule has 4 aromatic rings. The van der Waals surface area contributed by atoms with Crippen molar-refractivity contribution in [1.29, 1.82) is 0 Å². The number of aryl methyl sites for hydroxylation is 1. The number of ether oxygens (including phenoxy) is 2. The summed E-state index contributed by atoms with van der Waals surface area (Å²) >= 11 is 0. The second kappa shape index (κ2) is 11.4. The molecule has 1 saturated heterocycles. The zero-order chi connectivity index (χ0) is 31.2. The average molecular weight is 626 g/mol. The molecule has 0 saturated carbocycles. The summed E-state index contributed by atoms with van der Waals surface area (Å²) in [6, 6.07) is 8.54. The van der Waals surface area contributed by atoms with E-state index < -0.39 is 39.6 Å². The van der Waals surface area contributed by atoms with Crippen LogP contribution in [0.3, 0.4) is 0 Å². The van der Waals surface area contributed by atoms with Gasteiger partial charge >= 0.3 is 10.2 Å². The number of para-hydroxylation sites is 1. The number of benzene rings is 2. The van der Waals surface area contributed by atoms with Crippen LogP contribution in [0.15, 0.2) is 60.4 Å². The van der Waals surface area contributed by atoms with Gasteiger partial charge in [-0.1, -0.05) is 6.07 Å². The third-order valence-electron chi connectivity index (χ3n) is 7.39. The van der Waals surface area contributed by atoms with Gasteiger partial charge in [0.1, 0.15) is 5.82 Å². The van der Waals surface area contributed by atoms with E-state index in [4.69, 9.17) is 15.2 Å². The highest BCUT2D eigenvalue weighted by Gasteiger charge is 2.26. The van der Waals surface area contributed by atoms with Crippen molar-refractivity contribution >= 4 is 44.1 Å². The first kappa shape index (κ1) is 29.3. The number of carbonyl (C=O) groups is 1. The normalized spacial score (nSPS) is 17.6. The maximum Gasteiger partial charge on any atom is 0.301 e. The Balaban J connectivity index is 1.21. The molecular weight excluding hydrogens is 596 g/mol. The Labute approximate surface area is 251 Å². The highest BCUT2D eigenvalue weighted by atomic mass is 32.2. The lowest BCUT2D eigenvalue weighted by atomic mass is 10.1. The molecule has 1 atom stereocenters. The molecule has 5 N–H and O–H groups in total. The molecule has 12 nitrogen and oxygen atoms in total. The number of nitrogens with two attached hydrogens (primary N) is 1. The predicted molar refractivity (Wildman–Crippen MR) is 160 cm³/mol. The van der Waals surface area contributed by atoms with Crippen molar-refractivity contribution < 1.29 is 31.5 Å². The largest absolute Gasteiger partial charge is 0.461 e. The van der Waals surface area contributed by atoms with Crippen LogP contribution in [0, 0.1) is 18.6 Å². The van der Waals surface area contributed by atoms with Crippen molar-refractivity contribution in [3.05, 3.63) is 88.9 Å². The lowest BCUT2D eigenvalue weighted by molar-refractivity contribution is 0.0733. The van der Waals surface area contributed by atoms with Crippen LogP contribution >= 0.6 is 0 Å². The minimum Gasteiger partial charge on any atom is -0.461 e. The fourth-order valence-corrected chi connectivity index (χ4v) is 6.30. The lowest BCUT2D eigenvalue weighted by Crippen LogP contribution is -2.43. The van der Waals surface area contributed by atoms with Crippen molar-refractivity contribution in [2.24, 2.45) is 0 Å². The molecule has 4 heterocycles. The quantitative estimate of drug-likeness (QED) is 0.217. The van der Waals surface area contributed by atoms with Crippen molar-refractivity contribution in [3.8, 4) is 5.75 Å². The predicted octanol–water partition coefficient (Wildman–Crippen LogP) is 3.51. The maximum absolute atomic E-state index is 14.0. The van der Waals surface area contributed by atoms with Crippen LogP contribution < -0.4 is 20.5 Å². The van der Waals surface area contributed by atoms with Crippen LogP contribution in [0.5, 0.6) is 5.75 Å². The third-order valence-corrected chi connectivity index (χ3v) is 8.91. The molecule has 230 valence electrons. The van der Waals surface area contributed by atoms with Gasteiger partial charge in [-0.25, -0.2) is 13.5 Å². The molecule has 0 spiro atoms. The number of fused-ring (bicyclic) bond motifs is 1. The number of H-pyrrole nitrogens is 1. The number of nitrogen functional groups attached to an aromatic ring is 1. The van der Waals surface area contributed by atoms with Gasteiger partial charge in [-0.2, -0.15) is 17.8 Å². The molecule has 2 aromatic heterocycles. The minimum absolute atomic E-state index is 0.0733. The van der Waals surface area contributed by atoms with Crippen molar-refractivity contribution in [3.63, 3.8) is 0 Å². The van der Waals surface area contributed by atoms with Gasteiger partial charge < -0.3 is 25.5 Å². The van der Waals surface area contributed by atoms with Crippen LogP contribution in [-0.4, -0.2) is 65.8 Å². The van der Waals surface area contributed by atoms with Gasteiger partial charge in [0.2, 0.25) is 5.78 Å². The van der Waals surface area contributed by atoms with Crippen LogP contribution in [0.1, 0.15) is 28.5 Å². The molecular formula is C29H29F2N7O5S. The Morgan fingerprint density at radius 3 is 2.59 bits per heavy atom. The maximum atomic E-state index is 14.0. The SMILES string of the molecule is CC1=CC(Oc2c(F)cccc2F)NC=C1n1ncc(C(=O)c2cc3cc(C)c(NS(=O)(=O)N4CCOCC4)cc3[nH]2)c1N. The van der Waals surface area contributed by atoms with Crippen LogP contribution in [0.25, 0.3) is 16.6 Å². The Morgan fingerprint density at radius 2 is 1.89 bits per heavy atom. The summed E-state index contributed by atoms with van der Waals surface area (Å²) in [7, 11) is -3.78. The van der Waals surface area contributed by atoms with E-state index in [-0.39, 0.29) is 30.2 Å². The summed E-state index contributed by atoms with van der Waals surface area (Å²) in [5.74, 6) is -2.51. The number of allylic oxidation sites excluding steroid dienone is 2. The molecule has 44 heavy (non-hydrogen) atoms. The Kier molecular flexibility index (Phi) is 7.61. The van der Waals surface area contributed by atoms with Crippen LogP contribution in [0.2, 0.25) is 0 Å². The number of aromatic nitrogens is 3. The number of morpholine rings is 1. The van der Waals surface area contributed by atoms with Gasteiger partial charge in [0.05, 0.1) is 42.1 Å². The van der Waals surface area contributed by atoms with Gasteiger partial charge in [0, 0.05) is 30.2 Å². The van der Waals surface area contributed by atoms with E-state index in [2.05, 4.69) is 20.1 Å². The standard InChI is InChI=1S/C29H29F2N7O5S/c1-16-10-18-12-24(35-23(18)13-22(16)36-44(40,41)37-6-8-42-9-7-37)27(39)19-14-34-38(29(19)32)25-15-33-26(11-17(25)2)43-28-20(30)4-3-5-21(28)31/h3-5,10-15,26,33,35-36H,6-9,32H2,1-2H3. The van der Waals surface area contributed by atoms with Gasteiger partial charge in [-0.05, 0) is 61.4 Å². The molecule has 2 aliphatic rings. The fourth-order valence-electron chi connectivity index (χ4n) is 5.04. The van der Waals surface area contributed by atoms with E-state index in [1.54, 1.807) is 38.1 Å². The van der Waals surface area contributed by atoms with Crippen molar-refractivity contribution in [1.82, 2.24) is 24.4 Å². The van der Waals surface area contributed by atoms with E-state index in [0.717, 1.165) is 12.1 Å². The van der Waals surface area contributed by atoms with Crippen LogP contribution in [-0.2, 0) is 14.9 Å². The van der Waals surface area contributed by atoms with Crippen LogP contribution in [0.4, 0.5) is 20.3 Å². The molecule has 0 radical (unpaired) electrons. The molecule has 6 rings (SSSR count). The molecule has 2 aliphatic heterocycles. The van der Waals surface area contributed by atoms with Crippen molar-refractivity contribution in [2.75, 3.05) is 36.8 Å². The number of hydrogen-bond acceptors (Lipinski definition) is 8. The van der Waals surface area contributed by atoms with E-state index in [0.29, 0.717) is 46.6 Å². The molecule has 0 bridgehead atoms. The minimum atomic E-state index is -3.78. The number of nitrogens with zero attached hydrogens (tertiary/aromatic N) is 3. The second-order valence-electron chi connectivity index (χ2n) is 10.4. The Morgan fingerprint density at radius 1 is 1.16 bits per heavy atom. The molecule has 2 aromatic carbocycles. The van der Waals surface area contributed by atoms with Crippen molar-refractivity contribution in [2.45, 2.75) is 20.1 Å². The topological polar surface area (TPSA) is 157 Å². The van der Waals surface area contributed by atoms with E-state index >= 15 is 0 Å². The lowest BCUT2D eigenvalue weighted by Gasteiger charge is -2.26. The first-order valence-corrected chi connectivity index (χ1v) is 15.1. The van der Waals surface area contributed by atoms with Gasteiger partial charge in [0.15, 0.2) is 23.6 Å². The van der Waals surface area contributed by atoms with E-state index in [1.807, 2.05) is 0 Å². The number of hydrogen-bond donors (Lipinski definition) is 4. The van der Waals surface area contributed by atoms with Gasteiger partial charge in [0.25, 0.3) is 0 Å². The molecule has 15 heteroatoms. The Bertz CT molecular complexity index is 1920. The number of anilines is 2.